The third kappa shape index (κ3) is 6.49. The number of nitrogens with two attached hydrogens (primary N) is 1. The fourth-order valence-corrected chi connectivity index (χ4v) is 4.13. The number of nitrogen functional groups attached to an aromatic ring is 1. The standard InChI is InChI=1S/C26H32N6O5/c1-35-21-15-19-20(16-22(21)36-2)29-25(30-24(19)27)32-13-11-31(12-14-32)23(33)9-6-10-28-26(34)37-17-18-7-4-3-5-8-18/h3-5,7-8,15-16H,6,9-14,17H2,1-2H3,(H,28,34)(H2,27,29,30). The van der Waals surface area contributed by atoms with Crippen LogP contribution in [-0.4, -0.2) is 73.8 Å². The van der Waals surface area contributed by atoms with Crippen molar-refractivity contribution in [3.63, 3.8) is 0 Å². The van der Waals surface area contributed by atoms with Gasteiger partial charge in [-0.25, -0.2) is 9.78 Å². The number of hydrogen-bond donors (Lipinski definition) is 2. The molecule has 2 heterocycles. The zero-order valence-corrected chi connectivity index (χ0v) is 21.1. The topological polar surface area (TPSA) is 132 Å². The summed E-state index contributed by atoms with van der Waals surface area (Å²) >= 11 is 0. The number of anilines is 2. The first-order chi connectivity index (χ1) is 18.0. The molecule has 196 valence electrons. The molecule has 3 N–H and O–H groups in total. The largest absolute Gasteiger partial charge is 0.493 e. The number of hydrogen-bond acceptors (Lipinski definition) is 9. The molecular formula is C26H32N6O5. The summed E-state index contributed by atoms with van der Waals surface area (Å²) in [4.78, 5) is 37.5. The van der Waals surface area contributed by atoms with Crippen LogP contribution in [0.2, 0.25) is 0 Å². The molecule has 2 amide bonds. The number of nitrogens with one attached hydrogen (secondary N) is 1. The van der Waals surface area contributed by atoms with Gasteiger partial charge in [-0.1, -0.05) is 30.3 Å². The highest BCUT2D eigenvalue weighted by Gasteiger charge is 2.23. The van der Waals surface area contributed by atoms with Crippen LogP contribution in [0, 0.1) is 0 Å². The average molecular weight is 509 g/mol. The monoisotopic (exact) mass is 508 g/mol. The Hall–Kier alpha value is -4.28. The van der Waals surface area contributed by atoms with Gasteiger partial charge >= 0.3 is 6.09 Å². The first-order valence-electron chi connectivity index (χ1n) is 12.1. The highest BCUT2D eigenvalue weighted by atomic mass is 16.5. The smallest absolute Gasteiger partial charge is 0.407 e. The van der Waals surface area contributed by atoms with Crippen molar-refractivity contribution in [1.29, 1.82) is 0 Å². The van der Waals surface area contributed by atoms with Gasteiger partial charge in [0.05, 0.1) is 19.7 Å². The Balaban J connectivity index is 1.22. The Morgan fingerprint density at radius 3 is 2.41 bits per heavy atom. The number of carbonyl (C=O) groups excluding carboxylic acids is 2. The quantitative estimate of drug-likeness (QED) is 0.419. The lowest BCUT2D eigenvalue weighted by Gasteiger charge is -2.35. The van der Waals surface area contributed by atoms with Crippen molar-refractivity contribution in [2.75, 3.05) is 57.6 Å². The minimum atomic E-state index is -0.490. The molecule has 1 aromatic heterocycles. The number of benzene rings is 2. The van der Waals surface area contributed by atoms with Crippen molar-refractivity contribution in [3.05, 3.63) is 48.0 Å². The maximum absolute atomic E-state index is 12.6. The minimum Gasteiger partial charge on any atom is -0.493 e. The fourth-order valence-electron chi connectivity index (χ4n) is 4.13. The molecule has 1 fully saturated rings. The summed E-state index contributed by atoms with van der Waals surface area (Å²) < 4.78 is 15.9. The second-order valence-electron chi connectivity index (χ2n) is 8.59. The van der Waals surface area contributed by atoms with Crippen molar-refractivity contribution in [2.45, 2.75) is 19.4 Å². The molecule has 3 aromatic rings. The van der Waals surface area contributed by atoms with Crippen LogP contribution in [-0.2, 0) is 16.1 Å². The number of piperazine rings is 1. The molecule has 0 radical (unpaired) electrons. The first-order valence-corrected chi connectivity index (χ1v) is 12.1. The van der Waals surface area contributed by atoms with Crippen LogP contribution < -0.4 is 25.4 Å². The number of ether oxygens (including phenoxy) is 3. The minimum absolute atomic E-state index is 0.0508. The summed E-state index contributed by atoms with van der Waals surface area (Å²) in [6, 6.07) is 13.0. The summed E-state index contributed by atoms with van der Waals surface area (Å²) in [6.45, 7) is 2.88. The van der Waals surface area contributed by atoms with Gasteiger partial charge in [-0.3, -0.25) is 4.79 Å². The second-order valence-corrected chi connectivity index (χ2v) is 8.59. The van der Waals surface area contributed by atoms with Gasteiger partial charge in [-0.05, 0) is 18.1 Å². The zero-order chi connectivity index (χ0) is 26.2. The predicted octanol–water partition coefficient (Wildman–Crippen LogP) is 2.58. The van der Waals surface area contributed by atoms with E-state index in [1.807, 2.05) is 40.1 Å². The van der Waals surface area contributed by atoms with E-state index in [4.69, 9.17) is 19.9 Å². The van der Waals surface area contributed by atoms with Gasteiger partial charge in [0.15, 0.2) is 11.5 Å². The molecule has 0 atom stereocenters. The van der Waals surface area contributed by atoms with E-state index in [-0.39, 0.29) is 12.5 Å². The van der Waals surface area contributed by atoms with E-state index in [1.165, 1.54) is 0 Å². The summed E-state index contributed by atoms with van der Waals surface area (Å²) in [7, 11) is 3.13. The Morgan fingerprint density at radius 2 is 1.70 bits per heavy atom. The van der Waals surface area contributed by atoms with E-state index in [0.717, 1.165) is 5.56 Å². The van der Waals surface area contributed by atoms with Crippen molar-refractivity contribution in [1.82, 2.24) is 20.2 Å². The lowest BCUT2D eigenvalue weighted by atomic mass is 10.2. The summed E-state index contributed by atoms with van der Waals surface area (Å²) in [5.74, 6) is 2.05. The number of alkyl carbamates (subject to hydrolysis) is 1. The van der Waals surface area contributed by atoms with E-state index in [9.17, 15) is 9.59 Å². The molecule has 0 aliphatic carbocycles. The van der Waals surface area contributed by atoms with E-state index >= 15 is 0 Å². The highest BCUT2D eigenvalue weighted by Crippen LogP contribution is 2.34. The molecule has 0 saturated carbocycles. The first kappa shape index (κ1) is 25.8. The number of nitrogens with zero attached hydrogens (tertiary/aromatic N) is 4. The summed E-state index contributed by atoms with van der Waals surface area (Å²) in [6.07, 6.45) is 0.394. The molecular weight excluding hydrogens is 476 g/mol. The maximum atomic E-state index is 12.6. The zero-order valence-electron chi connectivity index (χ0n) is 21.1. The molecule has 0 bridgehead atoms. The van der Waals surface area contributed by atoms with E-state index in [0.29, 0.717) is 79.7 Å². The van der Waals surface area contributed by atoms with Crippen LogP contribution >= 0.6 is 0 Å². The number of aromatic nitrogens is 2. The molecule has 2 aromatic carbocycles. The van der Waals surface area contributed by atoms with Gasteiger partial charge < -0.3 is 35.1 Å². The van der Waals surface area contributed by atoms with Crippen molar-refractivity contribution < 1.29 is 23.8 Å². The lowest BCUT2D eigenvalue weighted by Crippen LogP contribution is -2.49. The van der Waals surface area contributed by atoms with Crippen molar-refractivity contribution >= 4 is 34.7 Å². The Bertz CT molecular complexity index is 1230. The molecule has 0 spiro atoms. The number of amides is 2. The third-order valence-electron chi connectivity index (χ3n) is 6.18. The van der Waals surface area contributed by atoms with E-state index in [1.54, 1.807) is 26.4 Å². The van der Waals surface area contributed by atoms with Crippen molar-refractivity contribution in [3.8, 4) is 11.5 Å². The molecule has 1 saturated heterocycles. The molecule has 11 heteroatoms. The SMILES string of the molecule is COc1cc2nc(N3CCN(C(=O)CCCNC(=O)OCc4ccccc4)CC3)nc(N)c2cc1OC. The van der Waals surface area contributed by atoms with Crippen LogP contribution in [0.3, 0.4) is 0 Å². The van der Waals surface area contributed by atoms with E-state index < -0.39 is 6.09 Å². The number of carbonyl (C=O) groups is 2. The van der Waals surface area contributed by atoms with Gasteiger partial charge in [0.25, 0.3) is 0 Å². The summed E-state index contributed by atoms with van der Waals surface area (Å²) in [5.41, 5.74) is 7.80. The van der Waals surface area contributed by atoms with Crippen LogP contribution in [0.25, 0.3) is 10.9 Å². The molecule has 0 unspecified atom stereocenters. The predicted molar refractivity (Wildman–Crippen MR) is 140 cm³/mol. The van der Waals surface area contributed by atoms with Crippen LogP contribution in [0.1, 0.15) is 18.4 Å². The molecule has 11 nitrogen and oxygen atoms in total. The average Bonchev–Trinajstić information content (AvgIpc) is 2.94. The van der Waals surface area contributed by atoms with Crippen LogP contribution in [0.5, 0.6) is 11.5 Å². The summed E-state index contributed by atoms with van der Waals surface area (Å²) in [5, 5.41) is 3.38. The van der Waals surface area contributed by atoms with Crippen LogP contribution in [0.4, 0.5) is 16.6 Å². The number of methoxy groups -OCH3 is 2. The van der Waals surface area contributed by atoms with Gasteiger partial charge in [0, 0.05) is 50.6 Å². The molecule has 37 heavy (non-hydrogen) atoms. The molecule has 4 rings (SSSR count). The second kappa shape index (κ2) is 12.1. The Labute approximate surface area is 215 Å². The number of fused-ring (bicyclic) bond motifs is 1. The van der Waals surface area contributed by atoms with Crippen LogP contribution in [0.15, 0.2) is 42.5 Å². The van der Waals surface area contributed by atoms with E-state index in [2.05, 4.69) is 15.3 Å². The van der Waals surface area contributed by atoms with Gasteiger partial charge in [-0.2, -0.15) is 4.98 Å². The fraction of sp³-hybridized carbons (Fsp3) is 0.385. The molecule has 1 aliphatic heterocycles. The Morgan fingerprint density at radius 1 is 1.00 bits per heavy atom. The van der Waals surface area contributed by atoms with Gasteiger partial charge in [-0.15, -0.1) is 0 Å². The highest BCUT2D eigenvalue weighted by molar-refractivity contribution is 5.91. The van der Waals surface area contributed by atoms with Crippen molar-refractivity contribution in [2.24, 2.45) is 0 Å². The maximum Gasteiger partial charge on any atom is 0.407 e. The Kier molecular flexibility index (Phi) is 8.44. The van der Waals surface area contributed by atoms with Gasteiger partial charge in [0.1, 0.15) is 12.4 Å². The molecule has 1 aliphatic rings. The third-order valence-corrected chi connectivity index (χ3v) is 6.18. The van der Waals surface area contributed by atoms with Gasteiger partial charge in [0.2, 0.25) is 11.9 Å². The normalized spacial score (nSPS) is 13.4. The lowest BCUT2D eigenvalue weighted by molar-refractivity contribution is -0.131. The number of rotatable bonds is 9.